The number of hydrogen-bond acceptors (Lipinski definition) is 2. The molecule has 0 aliphatic heterocycles. The van der Waals surface area contributed by atoms with Crippen LogP contribution in [0.15, 0.2) is 236 Å². The van der Waals surface area contributed by atoms with Crippen molar-refractivity contribution < 1.29 is 0 Å². The van der Waals surface area contributed by atoms with Gasteiger partial charge in [-0.25, -0.2) is 0 Å². The topological polar surface area (TPSA) is 16.3 Å². The number of nitrogens with zero attached hydrogens (tertiary/aromatic N) is 4. The molecule has 4 nitrogen and oxygen atoms in total. The number of hydrogen-bond donors (Lipinski definition) is 0. The van der Waals surface area contributed by atoms with Crippen LogP contribution in [-0.4, -0.2) is 9.13 Å². The summed E-state index contributed by atoms with van der Waals surface area (Å²) >= 11 is 0. The van der Waals surface area contributed by atoms with Gasteiger partial charge in [-0.2, -0.15) is 0 Å². The number of benzene rings is 8. The van der Waals surface area contributed by atoms with Crippen molar-refractivity contribution in [3.05, 3.63) is 248 Å². The first kappa shape index (κ1) is 37.7. The maximum absolute atomic E-state index is 2.57. The number of allylic oxidation sites excluding steroid dienone is 5. The third kappa shape index (κ3) is 6.54. The summed E-state index contributed by atoms with van der Waals surface area (Å²) in [6, 6.07) is 75.3. The highest BCUT2D eigenvalue weighted by molar-refractivity contribution is 6.14. The molecule has 0 radical (unpaired) electrons. The van der Waals surface area contributed by atoms with Crippen molar-refractivity contribution in [2.24, 2.45) is 0 Å². The lowest BCUT2D eigenvalue weighted by molar-refractivity contribution is 0.648. The van der Waals surface area contributed by atoms with Crippen LogP contribution in [0.4, 0.5) is 28.4 Å². The third-order valence-electron chi connectivity index (χ3n) is 13.1. The quantitative estimate of drug-likeness (QED) is 0.144. The first-order valence-corrected chi connectivity index (χ1v) is 22.4. The summed E-state index contributed by atoms with van der Waals surface area (Å²) in [4.78, 5) is 4.83. The molecule has 0 saturated carbocycles. The minimum absolute atomic E-state index is 0.239. The maximum Gasteiger partial charge on any atom is 0.0560 e. The molecule has 2 aromatic heterocycles. The second-order valence-corrected chi connectivity index (χ2v) is 16.8. The molecule has 8 aromatic carbocycles. The Bertz CT molecular complexity index is 3350. The van der Waals surface area contributed by atoms with Crippen LogP contribution >= 0.6 is 0 Å². The van der Waals surface area contributed by atoms with Gasteiger partial charge in [0.15, 0.2) is 0 Å². The van der Waals surface area contributed by atoms with Crippen LogP contribution in [0.5, 0.6) is 0 Å². The molecule has 12 rings (SSSR count). The van der Waals surface area contributed by atoms with Crippen LogP contribution in [0, 0.1) is 0 Å². The Morgan fingerprint density at radius 2 is 1.02 bits per heavy atom. The molecule has 1 unspecified atom stereocenters. The van der Waals surface area contributed by atoms with E-state index in [0.29, 0.717) is 0 Å². The van der Waals surface area contributed by atoms with Crippen LogP contribution in [-0.2, 0) is 6.42 Å². The second kappa shape index (κ2) is 16.0. The fourth-order valence-corrected chi connectivity index (χ4v) is 10.2. The van der Waals surface area contributed by atoms with Crippen molar-refractivity contribution in [2.75, 3.05) is 9.80 Å². The zero-order valence-corrected chi connectivity index (χ0v) is 35.5. The van der Waals surface area contributed by atoms with E-state index in [1.165, 1.54) is 60.8 Å². The molecule has 4 heteroatoms. The minimum atomic E-state index is 0.239. The highest BCUT2D eigenvalue weighted by Gasteiger charge is 2.27. The van der Waals surface area contributed by atoms with Crippen LogP contribution in [0.3, 0.4) is 0 Å². The highest BCUT2D eigenvalue weighted by atomic mass is 15.2. The van der Waals surface area contributed by atoms with Crippen molar-refractivity contribution in [1.82, 2.24) is 9.13 Å². The third-order valence-corrected chi connectivity index (χ3v) is 13.1. The lowest BCUT2D eigenvalue weighted by Crippen LogP contribution is -2.19. The summed E-state index contributed by atoms with van der Waals surface area (Å²) in [7, 11) is 0. The summed E-state index contributed by atoms with van der Waals surface area (Å²) in [5.74, 6) is 0. The molecule has 2 aliphatic rings. The lowest BCUT2D eigenvalue weighted by atomic mass is 9.97. The molecule has 2 heterocycles. The van der Waals surface area contributed by atoms with Gasteiger partial charge in [0.05, 0.1) is 17.1 Å². The van der Waals surface area contributed by atoms with Crippen LogP contribution in [0.1, 0.15) is 30.1 Å². The van der Waals surface area contributed by atoms with Crippen molar-refractivity contribution in [3.63, 3.8) is 0 Å². The number of para-hydroxylation sites is 4. The molecule has 0 N–H and O–H groups in total. The van der Waals surface area contributed by atoms with Gasteiger partial charge in [0, 0.05) is 72.8 Å². The molecular formula is C60H46N4. The van der Waals surface area contributed by atoms with Gasteiger partial charge >= 0.3 is 0 Å². The Kier molecular flexibility index (Phi) is 9.41. The average Bonchev–Trinajstić information content (AvgIpc) is 3.87. The summed E-state index contributed by atoms with van der Waals surface area (Å²) in [6.07, 6.45) is 14.2. The monoisotopic (exact) mass is 822 g/mol. The molecule has 2 aliphatic carbocycles. The lowest BCUT2D eigenvalue weighted by Gasteiger charge is -2.30. The van der Waals surface area contributed by atoms with E-state index in [4.69, 9.17) is 0 Å². The largest absolute Gasteiger partial charge is 0.333 e. The zero-order chi connectivity index (χ0) is 42.4. The van der Waals surface area contributed by atoms with E-state index >= 15 is 0 Å². The van der Waals surface area contributed by atoms with Crippen molar-refractivity contribution in [1.29, 1.82) is 0 Å². The fourth-order valence-electron chi connectivity index (χ4n) is 10.2. The van der Waals surface area contributed by atoms with Gasteiger partial charge in [0.25, 0.3) is 0 Å². The van der Waals surface area contributed by atoms with Gasteiger partial charge in [-0.15, -0.1) is 0 Å². The van der Waals surface area contributed by atoms with Gasteiger partial charge in [0.1, 0.15) is 0 Å². The van der Waals surface area contributed by atoms with E-state index in [1.54, 1.807) is 0 Å². The molecule has 0 bridgehead atoms. The molecule has 1 atom stereocenters. The normalized spacial score (nSPS) is 14.5. The van der Waals surface area contributed by atoms with E-state index in [-0.39, 0.29) is 6.04 Å². The summed E-state index contributed by atoms with van der Waals surface area (Å²) in [5.41, 5.74) is 16.9. The minimum Gasteiger partial charge on any atom is -0.333 e. The van der Waals surface area contributed by atoms with Gasteiger partial charge in [-0.3, -0.25) is 0 Å². The molecule has 64 heavy (non-hydrogen) atoms. The Hall–Kier alpha value is -8.08. The van der Waals surface area contributed by atoms with E-state index in [9.17, 15) is 0 Å². The van der Waals surface area contributed by atoms with Gasteiger partial charge < -0.3 is 18.9 Å². The molecule has 0 amide bonds. The molecule has 10 aromatic rings. The number of fused-ring (bicyclic) bond motifs is 6. The van der Waals surface area contributed by atoms with Gasteiger partial charge in [-0.05, 0) is 121 Å². The first-order chi connectivity index (χ1) is 31.8. The summed E-state index contributed by atoms with van der Waals surface area (Å²) < 4.78 is 5.14. The first-order valence-electron chi connectivity index (χ1n) is 22.4. The summed E-state index contributed by atoms with van der Waals surface area (Å²) in [5, 5.41) is 3.83. The highest BCUT2D eigenvalue weighted by Crippen LogP contribution is 2.45. The average molecular weight is 823 g/mol. The fraction of sp³-hybridized carbons (Fsp3) is 0.0667. The zero-order valence-electron chi connectivity index (χ0n) is 35.5. The molecule has 306 valence electrons. The summed E-state index contributed by atoms with van der Waals surface area (Å²) in [6.45, 7) is 0. The smallest absolute Gasteiger partial charge is 0.0560 e. The second-order valence-electron chi connectivity index (χ2n) is 16.8. The molecular weight excluding hydrogens is 777 g/mol. The SMILES string of the molecule is C1=CCC(n2c3ccccc3c3cc4c(cc32)c2c(n4-c3cccc(N(c4ccccc4)c4ccc(-c5ccccc5)cc4)c3)CCC(N(c3ccccc3)c3ccccc3)=C2)C=C1. The van der Waals surface area contributed by atoms with E-state index in [0.717, 1.165) is 53.4 Å². The molecule has 0 fully saturated rings. The van der Waals surface area contributed by atoms with Crippen molar-refractivity contribution in [3.8, 4) is 16.8 Å². The predicted octanol–water partition coefficient (Wildman–Crippen LogP) is 16.1. The Labute approximate surface area is 374 Å². The van der Waals surface area contributed by atoms with Crippen LogP contribution in [0.2, 0.25) is 0 Å². The van der Waals surface area contributed by atoms with Crippen LogP contribution < -0.4 is 9.80 Å². The van der Waals surface area contributed by atoms with E-state index < -0.39 is 0 Å². The number of rotatable bonds is 9. The Morgan fingerprint density at radius 1 is 0.422 bits per heavy atom. The Morgan fingerprint density at radius 3 is 1.70 bits per heavy atom. The number of aromatic nitrogens is 2. The van der Waals surface area contributed by atoms with Gasteiger partial charge in [0.2, 0.25) is 0 Å². The van der Waals surface area contributed by atoms with Crippen molar-refractivity contribution in [2.45, 2.75) is 25.3 Å². The number of anilines is 5. The maximum atomic E-state index is 2.57. The molecule has 0 spiro atoms. The molecule has 0 saturated heterocycles. The van der Waals surface area contributed by atoms with E-state index in [2.05, 4.69) is 256 Å². The Balaban J connectivity index is 1.08. The van der Waals surface area contributed by atoms with E-state index in [1.807, 2.05) is 0 Å². The predicted molar refractivity (Wildman–Crippen MR) is 270 cm³/mol. The van der Waals surface area contributed by atoms with Crippen LogP contribution in [0.25, 0.3) is 55.6 Å². The standard InChI is InChI=1S/C60H46N4/c1-6-19-43(20-7-1)44-33-35-49(36-34-44)62(47-25-12-4-13-26-47)50-29-18-30-51(39-50)64-58-38-37-52(61(45-21-8-2-9-22-45)46-23-10-3-11-24-46)40-54(58)56-42-59-55(41-60(56)64)53-31-16-17-32-57(53)63(59)48-27-14-5-15-28-48/h1-27,29-36,39-42,48H,28,37-38H2. The van der Waals surface area contributed by atoms with Crippen molar-refractivity contribution >= 4 is 67.2 Å². The van der Waals surface area contributed by atoms with Gasteiger partial charge in [-0.1, -0.05) is 146 Å².